The molecule has 21 heavy (non-hydrogen) atoms. The molecule has 0 bridgehead atoms. The normalized spacial score (nSPS) is 10.2. The van der Waals surface area contributed by atoms with Crippen LogP contribution in [0.15, 0.2) is 24.3 Å². The van der Waals surface area contributed by atoms with E-state index in [4.69, 9.17) is 9.47 Å². The lowest BCUT2D eigenvalue weighted by atomic mass is 10.1. The Morgan fingerprint density at radius 3 is 2.19 bits per heavy atom. The molecule has 0 spiro atoms. The summed E-state index contributed by atoms with van der Waals surface area (Å²) in [5.41, 5.74) is 0.354. The van der Waals surface area contributed by atoms with Crippen LogP contribution in [0.1, 0.15) is 62.2 Å². The third-order valence-corrected chi connectivity index (χ3v) is 3.27. The first-order valence-corrected chi connectivity index (χ1v) is 7.56. The lowest BCUT2D eigenvalue weighted by Gasteiger charge is -2.04. The first kappa shape index (κ1) is 17.2. The molecule has 1 aromatic rings. The summed E-state index contributed by atoms with van der Waals surface area (Å²) in [6.45, 7) is 2.17. The summed E-state index contributed by atoms with van der Waals surface area (Å²) in [6.07, 6.45) is 6.86. The molecule has 0 aromatic heterocycles. The van der Waals surface area contributed by atoms with E-state index < -0.39 is 11.9 Å². The van der Waals surface area contributed by atoms with E-state index in [9.17, 15) is 9.59 Å². The highest BCUT2D eigenvalue weighted by Gasteiger charge is 2.12. The highest BCUT2D eigenvalue weighted by atomic mass is 16.6. The van der Waals surface area contributed by atoms with Gasteiger partial charge in [-0.25, -0.2) is 4.79 Å². The molecule has 4 nitrogen and oxygen atoms in total. The second-order valence-electron chi connectivity index (χ2n) is 5.01. The van der Waals surface area contributed by atoms with Crippen LogP contribution >= 0.6 is 0 Å². The SMILES string of the molecule is CCCCCCCCC(=O)OC(=O)c1ccc(OC)cc1. The van der Waals surface area contributed by atoms with E-state index in [1.807, 2.05) is 0 Å². The zero-order valence-corrected chi connectivity index (χ0v) is 12.9. The van der Waals surface area contributed by atoms with Crippen molar-refractivity contribution in [2.75, 3.05) is 7.11 Å². The van der Waals surface area contributed by atoms with Gasteiger partial charge in [0, 0.05) is 6.42 Å². The Morgan fingerprint density at radius 1 is 0.952 bits per heavy atom. The molecular formula is C17H24O4. The van der Waals surface area contributed by atoms with Crippen molar-refractivity contribution >= 4 is 11.9 Å². The Balaban J connectivity index is 2.25. The molecule has 0 saturated heterocycles. The number of benzene rings is 1. The quantitative estimate of drug-likeness (QED) is 0.390. The van der Waals surface area contributed by atoms with Gasteiger partial charge in [-0.1, -0.05) is 39.0 Å². The zero-order valence-electron chi connectivity index (χ0n) is 12.9. The van der Waals surface area contributed by atoms with Gasteiger partial charge in [0.25, 0.3) is 0 Å². The molecule has 0 radical (unpaired) electrons. The topological polar surface area (TPSA) is 52.6 Å². The van der Waals surface area contributed by atoms with Gasteiger partial charge < -0.3 is 9.47 Å². The number of methoxy groups -OCH3 is 1. The van der Waals surface area contributed by atoms with Crippen molar-refractivity contribution in [1.29, 1.82) is 0 Å². The van der Waals surface area contributed by atoms with Crippen molar-refractivity contribution in [2.24, 2.45) is 0 Å². The highest BCUT2D eigenvalue weighted by Crippen LogP contribution is 2.13. The smallest absolute Gasteiger partial charge is 0.345 e. The van der Waals surface area contributed by atoms with Gasteiger partial charge in [0.1, 0.15) is 5.75 Å². The van der Waals surface area contributed by atoms with Gasteiger partial charge in [0.15, 0.2) is 0 Å². The Morgan fingerprint density at radius 2 is 1.57 bits per heavy atom. The molecular weight excluding hydrogens is 268 g/mol. The Labute approximate surface area is 126 Å². The molecule has 0 aliphatic rings. The molecule has 4 heteroatoms. The largest absolute Gasteiger partial charge is 0.497 e. The maximum Gasteiger partial charge on any atom is 0.345 e. The third-order valence-electron chi connectivity index (χ3n) is 3.27. The van der Waals surface area contributed by atoms with Crippen LogP contribution in [0.3, 0.4) is 0 Å². The first-order chi connectivity index (χ1) is 10.2. The van der Waals surface area contributed by atoms with E-state index in [0.717, 1.165) is 19.3 Å². The van der Waals surface area contributed by atoms with E-state index >= 15 is 0 Å². The Bertz CT molecular complexity index is 437. The summed E-state index contributed by atoms with van der Waals surface area (Å²) in [6, 6.07) is 6.49. The number of ether oxygens (including phenoxy) is 2. The maximum absolute atomic E-state index is 11.7. The fourth-order valence-corrected chi connectivity index (χ4v) is 1.99. The Kier molecular flexibility index (Phi) is 8.17. The van der Waals surface area contributed by atoms with Crippen molar-refractivity contribution < 1.29 is 19.1 Å². The number of hydrogen-bond donors (Lipinski definition) is 0. The standard InChI is InChI=1S/C17H24O4/c1-3-4-5-6-7-8-9-16(18)21-17(19)14-10-12-15(20-2)13-11-14/h10-13H,3-9H2,1-2H3. The monoisotopic (exact) mass is 292 g/mol. The maximum atomic E-state index is 11.7. The van der Waals surface area contributed by atoms with Crippen LogP contribution in [0.5, 0.6) is 5.75 Å². The molecule has 0 atom stereocenters. The highest BCUT2D eigenvalue weighted by molar-refractivity contribution is 5.96. The van der Waals surface area contributed by atoms with Crippen LogP contribution < -0.4 is 4.74 Å². The molecule has 0 amide bonds. The molecule has 116 valence electrons. The lowest BCUT2D eigenvalue weighted by molar-refractivity contribution is -0.138. The minimum absolute atomic E-state index is 0.300. The predicted octanol–water partition coefficient (Wildman–Crippen LogP) is 4.13. The van der Waals surface area contributed by atoms with Gasteiger partial charge in [-0.05, 0) is 30.7 Å². The fraction of sp³-hybridized carbons (Fsp3) is 0.529. The minimum Gasteiger partial charge on any atom is -0.497 e. The summed E-state index contributed by atoms with van der Waals surface area (Å²) < 4.78 is 9.82. The molecule has 0 aliphatic carbocycles. The Hall–Kier alpha value is -1.84. The average Bonchev–Trinajstić information content (AvgIpc) is 2.50. The summed E-state index contributed by atoms with van der Waals surface area (Å²) in [5, 5.41) is 0. The third kappa shape index (κ3) is 6.93. The number of carbonyl (C=O) groups excluding carboxylic acids is 2. The van der Waals surface area contributed by atoms with Gasteiger partial charge in [0.05, 0.1) is 12.7 Å². The van der Waals surface area contributed by atoms with Crippen molar-refractivity contribution in [3.63, 3.8) is 0 Å². The van der Waals surface area contributed by atoms with Gasteiger partial charge in [-0.3, -0.25) is 4.79 Å². The molecule has 0 N–H and O–H groups in total. The van der Waals surface area contributed by atoms with Crippen molar-refractivity contribution in [2.45, 2.75) is 51.9 Å². The molecule has 0 fully saturated rings. The summed E-state index contributed by atoms with van der Waals surface area (Å²) in [5.74, 6) is -0.398. The number of esters is 2. The number of hydrogen-bond acceptors (Lipinski definition) is 4. The van der Waals surface area contributed by atoms with Crippen LogP contribution in [0, 0.1) is 0 Å². The van der Waals surface area contributed by atoms with Crippen LogP contribution in [-0.2, 0) is 9.53 Å². The summed E-state index contributed by atoms with van der Waals surface area (Å²) in [4.78, 5) is 23.3. The van der Waals surface area contributed by atoms with Crippen LogP contribution in [0.2, 0.25) is 0 Å². The summed E-state index contributed by atoms with van der Waals surface area (Å²) in [7, 11) is 1.55. The minimum atomic E-state index is -0.603. The molecule has 0 aliphatic heterocycles. The fourth-order valence-electron chi connectivity index (χ4n) is 1.99. The van der Waals surface area contributed by atoms with Crippen LogP contribution in [-0.4, -0.2) is 19.0 Å². The molecule has 0 saturated carbocycles. The zero-order chi connectivity index (χ0) is 15.5. The van der Waals surface area contributed by atoms with E-state index in [1.54, 1.807) is 31.4 Å². The van der Waals surface area contributed by atoms with Crippen molar-refractivity contribution in [3.05, 3.63) is 29.8 Å². The van der Waals surface area contributed by atoms with E-state index in [1.165, 1.54) is 19.3 Å². The van der Waals surface area contributed by atoms with Gasteiger partial charge >= 0.3 is 11.9 Å². The van der Waals surface area contributed by atoms with Gasteiger partial charge in [-0.15, -0.1) is 0 Å². The van der Waals surface area contributed by atoms with E-state index in [0.29, 0.717) is 17.7 Å². The van der Waals surface area contributed by atoms with Crippen LogP contribution in [0.4, 0.5) is 0 Å². The van der Waals surface area contributed by atoms with Crippen LogP contribution in [0.25, 0.3) is 0 Å². The number of unbranched alkanes of at least 4 members (excludes halogenated alkanes) is 5. The predicted molar refractivity (Wildman–Crippen MR) is 81.4 cm³/mol. The van der Waals surface area contributed by atoms with Crippen molar-refractivity contribution in [3.8, 4) is 5.75 Å². The van der Waals surface area contributed by atoms with Gasteiger partial charge in [0.2, 0.25) is 0 Å². The van der Waals surface area contributed by atoms with E-state index in [-0.39, 0.29) is 0 Å². The molecule has 1 aromatic carbocycles. The average molecular weight is 292 g/mol. The lowest BCUT2D eigenvalue weighted by Crippen LogP contribution is -2.12. The van der Waals surface area contributed by atoms with Crippen molar-refractivity contribution in [1.82, 2.24) is 0 Å². The second kappa shape index (κ2) is 9.97. The number of carbonyl (C=O) groups is 2. The van der Waals surface area contributed by atoms with Gasteiger partial charge in [-0.2, -0.15) is 0 Å². The molecule has 0 unspecified atom stereocenters. The van der Waals surface area contributed by atoms with E-state index in [2.05, 4.69) is 6.92 Å². The first-order valence-electron chi connectivity index (χ1n) is 7.56. The number of rotatable bonds is 9. The molecule has 0 heterocycles. The summed E-state index contributed by atoms with van der Waals surface area (Å²) >= 11 is 0. The second-order valence-corrected chi connectivity index (χ2v) is 5.01. The molecule has 1 rings (SSSR count).